The van der Waals surface area contributed by atoms with Crippen LogP contribution in [0.2, 0.25) is 5.02 Å². The minimum absolute atomic E-state index is 0.0284. The SMILES string of the molecule is CCCCN1CCC(N(Cc2ccccc2)C(=O)c2n[nH]c3ccc(Cl)cc23)CC1. The zero-order valence-corrected chi connectivity index (χ0v) is 18.2. The van der Waals surface area contributed by atoms with Gasteiger partial charge in [-0.25, -0.2) is 0 Å². The molecule has 1 aromatic heterocycles. The van der Waals surface area contributed by atoms with Gasteiger partial charge in [0, 0.05) is 36.1 Å². The molecule has 0 radical (unpaired) electrons. The highest BCUT2D eigenvalue weighted by atomic mass is 35.5. The number of fused-ring (bicyclic) bond motifs is 1. The Morgan fingerprint density at radius 2 is 1.97 bits per heavy atom. The van der Waals surface area contributed by atoms with E-state index in [2.05, 4.69) is 34.2 Å². The molecule has 1 aliphatic rings. The van der Waals surface area contributed by atoms with Gasteiger partial charge >= 0.3 is 0 Å². The lowest BCUT2D eigenvalue weighted by Gasteiger charge is -2.38. The third-order valence-corrected chi connectivity index (χ3v) is 6.24. The van der Waals surface area contributed by atoms with Gasteiger partial charge in [0.25, 0.3) is 5.91 Å². The number of piperidine rings is 1. The van der Waals surface area contributed by atoms with Crippen LogP contribution in [0.15, 0.2) is 48.5 Å². The van der Waals surface area contributed by atoms with E-state index in [1.54, 1.807) is 0 Å². The fraction of sp³-hybridized carbons (Fsp3) is 0.417. The van der Waals surface area contributed by atoms with Gasteiger partial charge in [-0.3, -0.25) is 9.89 Å². The van der Waals surface area contributed by atoms with Crippen molar-refractivity contribution in [2.75, 3.05) is 19.6 Å². The average Bonchev–Trinajstić information content (AvgIpc) is 3.20. The van der Waals surface area contributed by atoms with Crippen molar-refractivity contribution < 1.29 is 4.79 Å². The third kappa shape index (κ3) is 4.68. The molecule has 0 unspecified atom stereocenters. The number of hydrogen-bond donors (Lipinski definition) is 1. The van der Waals surface area contributed by atoms with Crippen LogP contribution < -0.4 is 0 Å². The van der Waals surface area contributed by atoms with E-state index in [0.717, 1.165) is 48.9 Å². The number of rotatable bonds is 7. The maximum atomic E-state index is 13.7. The van der Waals surface area contributed by atoms with Crippen LogP contribution in [0, 0.1) is 0 Å². The van der Waals surface area contributed by atoms with Crippen LogP contribution in [0.3, 0.4) is 0 Å². The van der Waals surface area contributed by atoms with Crippen molar-refractivity contribution in [3.05, 3.63) is 64.8 Å². The van der Waals surface area contributed by atoms with Gasteiger partial charge in [-0.2, -0.15) is 5.10 Å². The molecule has 1 amide bonds. The van der Waals surface area contributed by atoms with Gasteiger partial charge in [0.1, 0.15) is 0 Å². The van der Waals surface area contributed by atoms with Gasteiger partial charge in [-0.05, 0) is 49.6 Å². The summed E-state index contributed by atoms with van der Waals surface area (Å²) >= 11 is 6.20. The number of amides is 1. The molecule has 0 aliphatic carbocycles. The minimum atomic E-state index is -0.0284. The summed E-state index contributed by atoms with van der Waals surface area (Å²) in [5.41, 5.74) is 2.42. The number of nitrogens with zero attached hydrogens (tertiary/aromatic N) is 3. The second-order valence-electron chi connectivity index (χ2n) is 8.11. The number of aromatic amines is 1. The summed E-state index contributed by atoms with van der Waals surface area (Å²) in [7, 11) is 0. The lowest BCUT2D eigenvalue weighted by molar-refractivity contribution is 0.0545. The molecule has 2 heterocycles. The van der Waals surface area contributed by atoms with Crippen LogP contribution in [0.5, 0.6) is 0 Å². The topological polar surface area (TPSA) is 52.2 Å². The molecule has 5 nitrogen and oxygen atoms in total. The zero-order chi connectivity index (χ0) is 20.9. The molecule has 1 fully saturated rings. The summed E-state index contributed by atoms with van der Waals surface area (Å²) in [5.74, 6) is -0.0284. The number of likely N-dealkylation sites (tertiary alicyclic amines) is 1. The van der Waals surface area contributed by atoms with E-state index in [9.17, 15) is 4.79 Å². The van der Waals surface area contributed by atoms with Gasteiger partial charge < -0.3 is 9.80 Å². The summed E-state index contributed by atoms with van der Waals surface area (Å²) in [4.78, 5) is 18.2. The number of halogens is 1. The molecule has 1 N–H and O–H groups in total. The molecule has 3 aromatic rings. The van der Waals surface area contributed by atoms with Crippen molar-refractivity contribution in [2.45, 2.75) is 45.2 Å². The van der Waals surface area contributed by atoms with E-state index in [1.165, 1.54) is 12.8 Å². The molecule has 0 saturated carbocycles. The first-order valence-corrected chi connectivity index (χ1v) is 11.2. The number of hydrogen-bond acceptors (Lipinski definition) is 3. The molecule has 1 saturated heterocycles. The first-order chi connectivity index (χ1) is 14.7. The normalized spacial score (nSPS) is 15.5. The number of aromatic nitrogens is 2. The van der Waals surface area contributed by atoms with Gasteiger partial charge in [0.2, 0.25) is 0 Å². The number of nitrogens with one attached hydrogen (secondary N) is 1. The Kier molecular flexibility index (Phi) is 6.70. The zero-order valence-electron chi connectivity index (χ0n) is 17.5. The molecule has 30 heavy (non-hydrogen) atoms. The number of carbonyl (C=O) groups is 1. The Bertz CT molecular complexity index is 979. The van der Waals surface area contributed by atoms with E-state index in [0.29, 0.717) is 17.3 Å². The Hall–Kier alpha value is -2.37. The maximum Gasteiger partial charge on any atom is 0.275 e. The summed E-state index contributed by atoms with van der Waals surface area (Å²) < 4.78 is 0. The highest BCUT2D eigenvalue weighted by Crippen LogP contribution is 2.26. The van der Waals surface area contributed by atoms with Crippen molar-refractivity contribution in [3.63, 3.8) is 0 Å². The molecule has 0 atom stereocenters. The fourth-order valence-electron chi connectivity index (χ4n) is 4.27. The summed E-state index contributed by atoms with van der Waals surface area (Å²) in [5, 5.41) is 8.74. The minimum Gasteiger partial charge on any atom is -0.330 e. The van der Waals surface area contributed by atoms with E-state index in [1.807, 2.05) is 41.3 Å². The van der Waals surface area contributed by atoms with E-state index < -0.39 is 0 Å². The van der Waals surface area contributed by atoms with Crippen LogP contribution in [0.1, 0.15) is 48.7 Å². The fourth-order valence-corrected chi connectivity index (χ4v) is 4.44. The van der Waals surface area contributed by atoms with Crippen molar-refractivity contribution in [3.8, 4) is 0 Å². The van der Waals surface area contributed by atoms with Gasteiger partial charge in [-0.15, -0.1) is 0 Å². The predicted octanol–water partition coefficient (Wildman–Crippen LogP) is 5.12. The van der Waals surface area contributed by atoms with Crippen LogP contribution in [-0.4, -0.2) is 51.6 Å². The number of H-pyrrole nitrogens is 1. The average molecular weight is 425 g/mol. The molecule has 6 heteroatoms. The molecule has 1 aliphatic heterocycles. The van der Waals surface area contributed by atoms with Crippen molar-refractivity contribution in [1.82, 2.24) is 20.0 Å². The van der Waals surface area contributed by atoms with E-state index >= 15 is 0 Å². The number of unbranched alkanes of at least 4 members (excludes halogenated alkanes) is 1. The van der Waals surface area contributed by atoms with Crippen molar-refractivity contribution in [2.24, 2.45) is 0 Å². The molecule has 2 aromatic carbocycles. The van der Waals surface area contributed by atoms with Gasteiger partial charge in [0.15, 0.2) is 5.69 Å². The van der Waals surface area contributed by atoms with Crippen LogP contribution in [-0.2, 0) is 6.54 Å². The first kappa shape index (κ1) is 20.9. The molecule has 158 valence electrons. The van der Waals surface area contributed by atoms with Crippen LogP contribution in [0.4, 0.5) is 0 Å². The number of benzene rings is 2. The quantitative estimate of drug-likeness (QED) is 0.572. The van der Waals surface area contributed by atoms with E-state index in [-0.39, 0.29) is 11.9 Å². The summed E-state index contributed by atoms with van der Waals surface area (Å²) in [6.45, 7) is 6.05. The van der Waals surface area contributed by atoms with Gasteiger partial charge in [-0.1, -0.05) is 55.3 Å². The Labute approximate surface area is 183 Å². The Morgan fingerprint density at radius 3 is 2.70 bits per heavy atom. The monoisotopic (exact) mass is 424 g/mol. The van der Waals surface area contributed by atoms with E-state index in [4.69, 9.17) is 11.6 Å². The summed E-state index contributed by atoms with van der Waals surface area (Å²) in [6.07, 6.45) is 4.43. The second-order valence-corrected chi connectivity index (χ2v) is 8.54. The highest BCUT2D eigenvalue weighted by molar-refractivity contribution is 6.31. The van der Waals surface area contributed by atoms with Crippen LogP contribution in [0.25, 0.3) is 10.9 Å². The Balaban J connectivity index is 1.58. The summed E-state index contributed by atoms with van der Waals surface area (Å²) in [6, 6.07) is 15.9. The van der Waals surface area contributed by atoms with Gasteiger partial charge in [0.05, 0.1) is 5.52 Å². The lowest BCUT2D eigenvalue weighted by atomic mass is 10.0. The van der Waals surface area contributed by atoms with Crippen molar-refractivity contribution >= 4 is 28.4 Å². The lowest BCUT2D eigenvalue weighted by Crippen LogP contribution is -2.47. The Morgan fingerprint density at radius 1 is 1.20 bits per heavy atom. The second kappa shape index (κ2) is 9.63. The smallest absolute Gasteiger partial charge is 0.275 e. The van der Waals surface area contributed by atoms with Crippen LogP contribution >= 0.6 is 11.6 Å². The predicted molar refractivity (Wildman–Crippen MR) is 122 cm³/mol. The molecular formula is C24H29ClN4O. The molecule has 0 spiro atoms. The standard InChI is InChI=1S/C24H29ClN4O/c1-2-3-13-28-14-11-20(12-15-28)29(17-18-7-5-4-6-8-18)24(30)23-21-16-19(25)9-10-22(21)26-27-23/h4-10,16,20H,2-3,11-15,17H2,1H3,(H,26,27). The van der Waals surface area contributed by atoms with Crippen molar-refractivity contribution in [1.29, 1.82) is 0 Å². The number of carbonyl (C=O) groups excluding carboxylic acids is 1. The highest BCUT2D eigenvalue weighted by Gasteiger charge is 2.30. The third-order valence-electron chi connectivity index (χ3n) is 6.01. The maximum absolute atomic E-state index is 13.7. The molecular weight excluding hydrogens is 396 g/mol. The first-order valence-electron chi connectivity index (χ1n) is 10.9. The molecule has 4 rings (SSSR count). The molecule has 0 bridgehead atoms. The largest absolute Gasteiger partial charge is 0.330 e.